The van der Waals surface area contributed by atoms with Crippen molar-refractivity contribution in [3.63, 3.8) is 0 Å². The molecule has 0 bridgehead atoms. The predicted octanol–water partition coefficient (Wildman–Crippen LogP) is 6.25. The minimum absolute atomic E-state index is 0.663. The molecule has 1 aliphatic carbocycles. The van der Waals surface area contributed by atoms with Crippen molar-refractivity contribution in [1.29, 1.82) is 0 Å². The zero-order chi connectivity index (χ0) is 19.5. The third-order valence-corrected chi connectivity index (χ3v) is 5.84. The molecule has 0 saturated heterocycles. The van der Waals surface area contributed by atoms with Gasteiger partial charge in [0.25, 0.3) is 0 Å². The quantitative estimate of drug-likeness (QED) is 0.455. The molecule has 1 fully saturated rings. The zero-order valence-electron chi connectivity index (χ0n) is 16.4. The van der Waals surface area contributed by atoms with Gasteiger partial charge >= 0.3 is 0 Å². The monoisotopic (exact) mass is 380 g/mol. The van der Waals surface area contributed by atoms with E-state index in [-0.39, 0.29) is 0 Å². The average molecular weight is 380 g/mol. The Morgan fingerprint density at radius 1 is 0.724 bits per heavy atom. The first-order valence-electron chi connectivity index (χ1n) is 10.4. The van der Waals surface area contributed by atoms with E-state index in [1.165, 1.54) is 37.7 Å². The summed E-state index contributed by atoms with van der Waals surface area (Å²) < 4.78 is 0. The van der Waals surface area contributed by atoms with Crippen LogP contribution in [0.4, 0.5) is 0 Å². The highest BCUT2D eigenvalue weighted by atomic mass is 15.2. The summed E-state index contributed by atoms with van der Waals surface area (Å²) in [6.45, 7) is 0. The van der Waals surface area contributed by atoms with E-state index in [9.17, 15) is 0 Å². The second-order valence-electron chi connectivity index (χ2n) is 7.76. The number of H-pyrrole nitrogens is 1. The van der Waals surface area contributed by atoms with Crippen LogP contribution in [0.1, 0.15) is 43.6 Å². The number of rotatable bonds is 4. The number of hydrogen-bond acceptors (Lipinski definition) is 3. The third-order valence-electron chi connectivity index (χ3n) is 5.84. The first-order valence-corrected chi connectivity index (χ1v) is 10.4. The minimum atomic E-state index is 0.663. The largest absolute Gasteiger partial charge is 0.259 e. The molecular formula is C25H24N4. The van der Waals surface area contributed by atoms with Crippen molar-refractivity contribution in [3.8, 4) is 34.0 Å². The lowest BCUT2D eigenvalue weighted by Gasteiger charge is -2.22. The molecule has 0 aliphatic heterocycles. The number of aromatic nitrogens is 4. The first-order chi connectivity index (χ1) is 14.4. The summed E-state index contributed by atoms with van der Waals surface area (Å²) in [5.41, 5.74) is 5.53. The molecule has 0 radical (unpaired) electrons. The van der Waals surface area contributed by atoms with Gasteiger partial charge in [-0.25, -0.2) is 4.98 Å². The molecule has 4 aromatic rings. The molecule has 0 spiro atoms. The van der Waals surface area contributed by atoms with Crippen LogP contribution in [0.2, 0.25) is 0 Å². The molecule has 2 aromatic heterocycles. The van der Waals surface area contributed by atoms with Crippen LogP contribution in [-0.4, -0.2) is 20.2 Å². The Labute approximate surface area is 171 Å². The van der Waals surface area contributed by atoms with Crippen LogP contribution in [0, 0.1) is 0 Å². The Balaban J connectivity index is 1.33. The van der Waals surface area contributed by atoms with E-state index in [0.29, 0.717) is 5.82 Å². The molecule has 4 nitrogen and oxygen atoms in total. The molecule has 0 unspecified atom stereocenters. The Morgan fingerprint density at radius 3 is 2.21 bits per heavy atom. The van der Waals surface area contributed by atoms with Gasteiger partial charge in [0, 0.05) is 22.9 Å². The average Bonchev–Trinajstić information content (AvgIpc) is 3.31. The van der Waals surface area contributed by atoms with Crippen molar-refractivity contribution in [3.05, 3.63) is 78.5 Å². The molecule has 29 heavy (non-hydrogen) atoms. The van der Waals surface area contributed by atoms with Gasteiger partial charge in [0.15, 0.2) is 11.6 Å². The second kappa shape index (κ2) is 8.00. The van der Waals surface area contributed by atoms with Gasteiger partial charge in [0.1, 0.15) is 0 Å². The number of nitrogens with zero attached hydrogens (tertiary/aromatic N) is 3. The Kier molecular flexibility index (Phi) is 4.91. The third kappa shape index (κ3) is 3.83. The Bertz CT molecular complexity index is 1060. The van der Waals surface area contributed by atoms with E-state index in [1.54, 1.807) is 0 Å². The molecule has 2 aromatic carbocycles. The molecule has 1 saturated carbocycles. The van der Waals surface area contributed by atoms with Crippen molar-refractivity contribution in [2.45, 2.75) is 38.0 Å². The summed E-state index contributed by atoms with van der Waals surface area (Å²) >= 11 is 0. The maximum Gasteiger partial charge on any atom is 0.183 e. The zero-order valence-corrected chi connectivity index (χ0v) is 16.4. The van der Waals surface area contributed by atoms with E-state index >= 15 is 0 Å². The summed E-state index contributed by atoms with van der Waals surface area (Å²) in [6.07, 6.45) is 8.62. The SMILES string of the molecule is c1ccc(-c2nc(-c3ccc(-c4ccc(C5CCCCC5)cc4)nc3)n[nH]2)cc1. The Hall–Kier alpha value is -3.27. The normalized spacial score (nSPS) is 14.8. The number of nitrogens with one attached hydrogen (secondary N) is 1. The van der Waals surface area contributed by atoms with Crippen LogP contribution in [0.3, 0.4) is 0 Å². The fourth-order valence-electron chi connectivity index (χ4n) is 4.17. The summed E-state index contributed by atoms with van der Waals surface area (Å²) in [7, 11) is 0. The van der Waals surface area contributed by atoms with Crippen LogP contribution >= 0.6 is 0 Å². The molecule has 0 atom stereocenters. The van der Waals surface area contributed by atoms with E-state index in [2.05, 4.69) is 44.4 Å². The van der Waals surface area contributed by atoms with Crippen molar-refractivity contribution in [1.82, 2.24) is 20.2 Å². The lowest BCUT2D eigenvalue weighted by Crippen LogP contribution is -2.04. The number of aromatic amines is 1. The smallest absolute Gasteiger partial charge is 0.183 e. The molecular weight excluding hydrogens is 356 g/mol. The summed E-state index contributed by atoms with van der Waals surface area (Å²) in [6, 6.07) is 23.1. The molecule has 2 heterocycles. The molecule has 0 amide bonds. The molecule has 5 rings (SSSR count). The molecule has 4 heteroatoms. The lowest BCUT2D eigenvalue weighted by atomic mass is 9.84. The fraction of sp³-hybridized carbons (Fsp3) is 0.240. The second-order valence-corrected chi connectivity index (χ2v) is 7.76. The standard InChI is InChI=1S/C25H24N4/c1-3-7-18(8-4-1)19-11-13-20(14-12-19)23-16-15-22(17-26-23)25-27-24(28-29-25)21-9-5-2-6-10-21/h2,5-6,9-18H,1,3-4,7-8H2,(H,27,28,29). The van der Waals surface area contributed by atoms with Crippen molar-refractivity contribution in [2.24, 2.45) is 0 Å². The van der Waals surface area contributed by atoms with Crippen molar-refractivity contribution >= 4 is 0 Å². The Morgan fingerprint density at radius 2 is 1.48 bits per heavy atom. The summed E-state index contributed by atoms with van der Waals surface area (Å²) in [4.78, 5) is 9.27. The maximum absolute atomic E-state index is 4.66. The van der Waals surface area contributed by atoms with Gasteiger partial charge in [-0.3, -0.25) is 10.1 Å². The van der Waals surface area contributed by atoms with Gasteiger partial charge in [0.05, 0.1) is 5.69 Å². The van der Waals surface area contributed by atoms with Crippen LogP contribution in [-0.2, 0) is 0 Å². The van der Waals surface area contributed by atoms with Gasteiger partial charge in [-0.05, 0) is 36.5 Å². The van der Waals surface area contributed by atoms with Gasteiger partial charge in [-0.2, -0.15) is 5.10 Å². The number of benzene rings is 2. The topological polar surface area (TPSA) is 54.5 Å². The summed E-state index contributed by atoms with van der Waals surface area (Å²) in [5.74, 6) is 2.16. The van der Waals surface area contributed by atoms with Gasteiger partial charge < -0.3 is 0 Å². The van der Waals surface area contributed by atoms with E-state index in [0.717, 1.165) is 34.1 Å². The summed E-state index contributed by atoms with van der Waals surface area (Å²) in [5, 5.41) is 7.37. The number of pyridine rings is 1. The van der Waals surface area contributed by atoms with E-state index in [4.69, 9.17) is 0 Å². The van der Waals surface area contributed by atoms with Crippen molar-refractivity contribution < 1.29 is 0 Å². The van der Waals surface area contributed by atoms with Crippen LogP contribution in [0.15, 0.2) is 72.9 Å². The first kappa shape index (κ1) is 17.8. The molecule has 144 valence electrons. The number of hydrogen-bond donors (Lipinski definition) is 1. The molecule has 1 aliphatic rings. The highest BCUT2D eigenvalue weighted by Gasteiger charge is 2.15. The molecule has 1 N–H and O–H groups in total. The van der Waals surface area contributed by atoms with Gasteiger partial charge in [-0.1, -0.05) is 73.9 Å². The van der Waals surface area contributed by atoms with Crippen LogP contribution in [0.5, 0.6) is 0 Å². The fourth-order valence-corrected chi connectivity index (χ4v) is 4.17. The lowest BCUT2D eigenvalue weighted by molar-refractivity contribution is 0.443. The van der Waals surface area contributed by atoms with Gasteiger partial charge in [0.2, 0.25) is 0 Å². The van der Waals surface area contributed by atoms with Crippen molar-refractivity contribution in [2.75, 3.05) is 0 Å². The maximum atomic E-state index is 4.66. The van der Waals surface area contributed by atoms with Crippen LogP contribution < -0.4 is 0 Å². The predicted molar refractivity (Wildman–Crippen MR) is 116 cm³/mol. The van der Waals surface area contributed by atoms with Gasteiger partial charge in [-0.15, -0.1) is 0 Å². The van der Waals surface area contributed by atoms with E-state index in [1.807, 2.05) is 48.7 Å². The highest BCUT2D eigenvalue weighted by molar-refractivity contribution is 5.65. The highest BCUT2D eigenvalue weighted by Crippen LogP contribution is 2.33. The minimum Gasteiger partial charge on any atom is -0.259 e. The van der Waals surface area contributed by atoms with Crippen LogP contribution in [0.25, 0.3) is 34.0 Å². The van der Waals surface area contributed by atoms with E-state index < -0.39 is 0 Å².